The topological polar surface area (TPSA) is 81.7 Å². The maximum absolute atomic E-state index is 11.5. The van der Waals surface area contributed by atoms with Gasteiger partial charge in [0.25, 0.3) is 0 Å². The number of carbonyl (C=O) groups excluding carboxylic acids is 1. The summed E-state index contributed by atoms with van der Waals surface area (Å²) in [5.41, 5.74) is 0. The average Bonchev–Trinajstić information content (AvgIpc) is 2.14. The third-order valence-electron chi connectivity index (χ3n) is 2.20. The van der Waals surface area contributed by atoms with Crippen LogP contribution in [0, 0.1) is 0 Å². The van der Waals surface area contributed by atoms with Gasteiger partial charge in [0, 0.05) is 12.6 Å². The van der Waals surface area contributed by atoms with Crippen molar-refractivity contribution < 1.29 is 14.7 Å². The summed E-state index contributed by atoms with van der Waals surface area (Å²) in [6, 6.07) is -1.27. The molecule has 3 N–H and O–H groups in total. The molecular weight excluding hydrogens is 222 g/mol. The Bertz CT molecular complexity index is 256. The molecule has 0 rings (SSSR count). The molecule has 0 saturated heterocycles. The molecule has 17 heavy (non-hydrogen) atoms. The molecular formula is C11H23N3O3. The Morgan fingerprint density at radius 3 is 2.29 bits per heavy atom. The van der Waals surface area contributed by atoms with Crippen LogP contribution in [-0.2, 0) is 4.79 Å². The van der Waals surface area contributed by atoms with E-state index in [9.17, 15) is 9.59 Å². The fourth-order valence-electron chi connectivity index (χ4n) is 1.56. The van der Waals surface area contributed by atoms with Crippen LogP contribution in [0.5, 0.6) is 0 Å². The van der Waals surface area contributed by atoms with E-state index in [1.807, 2.05) is 32.8 Å². The Hall–Kier alpha value is -1.30. The van der Waals surface area contributed by atoms with Gasteiger partial charge in [0.1, 0.15) is 6.04 Å². The molecule has 0 saturated carbocycles. The van der Waals surface area contributed by atoms with E-state index in [1.54, 1.807) is 0 Å². The van der Waals surface area contributed by atoms with Gasteiger partial charge in [-0.1, -0.05) is 13.3 Å². The van der Waals surface area contributed by atoms with Crippen LogP contribution >= 0.6 is 0 Å². The summed E-state index contributed by atoms with van der Waals surface area (Å²) in [6.45, 7) is 4.46. The van der Waals surface area contributed by atoms with Crippen LogP contribution in [0.1, 0.15) is 26.7 Å². The first-order chi connectivity index (χ1) is 7.86. The van der Waals surface area contributed by atoms with Crippen molar-refractivity contribution in [3.63, 3.8) is 0 Å². The van der Waals surface area contributed by atoms with Crippen molar-refractivity contribution in [3.8, 4) is 0 Å². The van der Waals surface area contributed by atoms with Gasteiger partial charge in [-0.05, 0) is 27.4 Å². The Morgan fingerprint density at radius 2 is 1.88 bits per heavy atom. The normalized spacial score (nSPS) is 14.2. The van der Waals surface area contributed by atoms with Gasteiger partial charge in [0.15, 0.2) is 0 Å². The Labute approximate surface area is 102 Å². The lowest BCUT2D eigenvalue weighted by molar-refractivity contribution is -0.139. The van der Waals surface area contributed by atoms with Crippen LogP contribution in [0.4, 0.5) is 4.79 Å². The number of nitrogens with one attached hydrogen (secondary N) is 2. The molecule has 0 aliphatic rings. The predicted octanol–water partition coefficient (Wildman–Crippen LogP) is 0.489. The van der Waals surface area contributed by atoms with Crippen molar-refractivity contribution in [2.45, 2.75) is 38.8 Å². The molecule has 0 fully saturated rings. The number of hydrogen-bond acceptors (Lipinski definition) is 3. The fraction of sp³-hybridized carbons (Fsp3) is 0.818. The number of aliphatic carboxylic acids is 1. The second-order valence-electron chi connectivity index (χ2n) is 4.46. The quantitative estimate of drug-likeness (QED) is 0.609. The van der Waals surface area contributed by atoms with Crippen molar-refractivity contribution in [2.75, 3.05) is 20.6 Å². The van der Waals surface area contributed by atoms with E-state index in [0.29, 0.717) is 19.4 Å². The predicted molar refractivity (Wildman–Crippen MR) is 66.0 cm³/mol. The third kappa shape index (κ3) is 7.57. The molecule has 0 aromatic rings. The summed E-state index contributed by atoms with van der Waals surface area (Å²) in [6.07, 6.45) is 1.15. The highest BCUT2D eigenvalue weighted by Gasteiger charge is 2.19. The lowest BCUT2D eigenvalue weighted by Gasteiger charge is -2.20. The Kier molecular flexibility index (Phi) is 7.29. The minimum absolute atomic E-state index is 0.0268. The van der Waals surface area contributed by atoms with Gasteiger partial charge in [-0.2, -0.15) is 0 Å². The van der Waals surface area contributed by atoms with Crippen LogP contribution < -0.4 is 10.6 Å². The van der Waals surface area contributed by atoms with E-state index in [4.69, 9.17) is 5.11 Å². The van der Waals surface area contributed by atoms with Crippen LogP contribution in [0.3, 0.4) is 0 Å². The molecule has 0 radical (unpaired) electrons. The number of nitrogens with zero attached hydrogens (tertiary/aromatic N) is 1. The molecule has 0 aliphatic heterocycles. The zero-order chi connectivity index (χ0) is 13.4. The molecule has 2 amide bonds. The van der Waals surface area contributed by atoms with Gasteiger partial charge in [-0.25, -0.2) is 9.59 Å². The lowest BCUT2D eigenvalue weighted by Crippen LogP contribution is -2.50. The number of likely N-dealkylation sites (N-methyl/N-ethyl adjacent to an activating group) is 1. The molecule has 0 aromatic carbocycles. The van der Waals surface area contributed by atoms with Gasteiger partial charge < -0.3 is 20.6 Å². The van der Waals surface area contributed by atoms with E-state index in [1.165, 1.54) is 0 Å². The molecule has 0 bridgehead atoms. The van der Waals surface area contributed by atoms with Crippen LogP contribution in [0.2, 0.25) is 0 Å². The molecule has 100 valence electrons. The van der Waals surface area contributed by atoms with Gasteiger partial charge in [-0.15, -0.1) is 0 Å². The number of carboxylic acid groups (broad SMARTS) is 1. The van der Waals surface area contributed by atoms with E-state index in [0.717, 1.165) is 0 Å². The molecule has 2 atom stereocenters. The Morgan fingerprint density at radius 1 is 1.29 bits per heavy atom. The lowest BCUT2D eigenvalue weighted by atomic mass is 10.2. The van der Waals surface area contributed by atoms with Crippen LogP contribution in [0.25, 0.3) is 0 Å². The number of carbonyl (C=O) groups is 2. The van der Waals surface area contributed by atoms with Crippen molar-refractivity contribution in [1.29, 1.82) is 0 Å². The number of urea groups is 1. The van der Waals surface area contributed by atoms with Crippen molar-refractivity contribution in [1.82, 2.24) is 15.5 Å². The highest BCUT2D eigenvalue weighted by molar-refractivity contribution is 5.82. The Balaban J connectivity index is 4.09. The molecule has 0 aromatic heterocycles. The summed E-state index contributed by atoms with van der Waals surface area (Å²) in [5, 5.41) is 14.0. The zero-order valence-corrected chi connectivity index (χ0v) is 11.0. The first kappa shape index (κ1) is 15.7. The molecule has 2 unspecified atom stereocenters. The van der Waals surface area contributed by atoms with Crippen molar-refractivity contribution >= 4 is 12.0 Å². The van der Waals surface area contributed by atoms with Gasteiger partial charge in [0.2, 0.25) is 0 Å². The number of amides is 2. The maximum atomic E-state index is 11.5. The molecule has 6 nitrogen and oxygen atoms in total. The molecule has 6 heteroatoms. The maximum Gasteiger partial charge on any atom is 0.326 e. The van der Waals surface area contributed by atoms with E-state index >= 15 is 0 Å². The van der Waals surface area contributed by atoms with Crippen molar-refractivity contribution in [3.05, 3.63) is 0 Å². The second kappa shape index (κ2) is 7.89. The molecule has 0 heterocycles. The first-order valence-electron chi connectivity index (χ1n) is 5.81. The number of hydrogen-bond donors (Lipinski definition) is 3. The van der Waals surface area contributed by atoms with Gasteiger partial charge in [0.05, 0.1) is 0 Å². The fourth-order valence-corrected chi connectivity index (χ4v) is 1.56. The van der Waals surface area contributed by atoms with E-state index < -0.39 is 18.0 Å². The number of carboxylic acids is 1. The second-order valence-corrected chi connectivity index (χ2v) is 4.46. The highest BCUT2D eigenvalue weighted by atomic mass is 16.4. The zero-order valence-electron chi connectivity index (χ0n) is 11.0. The number of rotatable bonds is 7. The standard InChI is InChI=1S/C11H23N3O3/c1-5-6-9(10(15)16)13-11(17)12-8(2)7-14(3)4/h8-9H,5-7H2,1-4H3,(H,15,16)(H2,12,13,17). The monoisotopic (exact) mass is 245 g/mol. The van der Waals surface area contributed by atoms with E-state index in [2.05, 4.69) is 10.6 Å². The smallest absolute Gasteiger partial charge is 0.326 e. The van der Waals surface area contributed by atoms with Crippen LogP contribution in [-0.4, -0.2) is 54.7 Å². The molecule has 0 aliphatic carbocycles. The minimum atomic E-state index is -0.998. The molecule has 0 spiro atoms. The van der Waals surface area contributed by atoms with Gasteiger partial charge >= 0.3 is 12.0 Å². The highest BCUT2D eigenvalue weighted by Crippen LogP contribution is 1.96. The van der Waals surface area contributed by atoms with Crippen molar-refractivity contribution in [2.24, 2.45) is 0 Å². The van der Waals surface area contributed by atoms with E-state index in [-0.39, 0.29) is 6.04 Å². The summed E-state index contributed by atoms with van der Waals surface area (Å²) in [4.78, 5) is 24.3. The van der Waals surface area contributed by atoms with Gasteiger partial charge in [-0.3, -0.25) is 0 Å². The summed E-state index contributed by atoms with van der Waals surface area (Å²) in [7, 11) is 3.82. The van der Waals surface area contributed by atoms with Crippen LogP contribution in [0.15, 0.2) is 0 Å². The summed E-state index contributed by atoms with van der Waals surface area (Å²) < 4.78 is 0. The largest absolute Gasteiger partial charge is 0.480 e. The minimum Gasteiger partial charge on any atom is -0.480 e. The SMILES string of the molecule is CCCC(NC(=O)NC(C)CN(C)C)C(=O)O. The third-order valence-corrected chi connectivity index (χ3v) is 2.20. The summed E-state index contributed by atoms with van der Waals surface area (Å²) in [5.74, 6) is -0.998. The summed E-state index contributed by atoms with van der Waals surface area (Å²) >= 11 is 0. The average molecular weight is 245 g/mol. The first-order valence-corrected chi connectivity index (χ1v) is 5.81.